The SMILES string of the molecule is CC(=O)Nc1ncc(C2CC(Cc3ccc(CC(=O)Cc4ccccc4)nn3)C2)s1. The Labute approximate surface area is 179 Å². The monoisotopic (exact) mass is 420 g/mol. The van der Waals surface area contributed by atoms with Crippen LogP contribution < -0.4 is 5.32 Å². The van der Waals surface area contributed by atoms with Gasteiger partial charge in [0.05, 0.1) is 17.8 Å². The molecule has 6 nitrogen and oxygen atoms in total. The van der Waals surface area contributed by atoms with E-state index in [9.17, 15) is 9.59 Å². The molecule has 0 atom stereocenters. The number of aromatic nitrogens is 3. The summed E-state index contributed by atoms with van der Waals surface area (Å²) in [4.78, 5) is 28.9. The zero-order valence-electron chi connectivity index (χ0n) is 16.9. The van der Waals surface area contributed by atoms with Gasteiger partial charge in [0.15, 0.2) is 5.13 Å². The Kier molecular flexibility index (Phi) is 6.28. The molecule has 1 fully saturated rings. The second-order valence-electron chi connectivity index (χ2n) is 7.88. The summed E-state index contributed by atoms with van der Waals surface area (Å²) < 4.78 is 0. The van der Waals surface area contributed by atoms with Gasteiger partial charge in [-0.05, 0) is 48.8 Å². The summed E-state index contributed by atoms with van der Waals surface area (Å²) in [5.41, 5.74) is 2.72. The third-order valence-corrected chi connectivity index (χ3v) is 6.42. The van der Waals surface area contributed by atoms with Gasteiger partial charge in [-0.25, -0.2) is 4.98 Å². The first-order valence-electron chi connectivity index (χ1n) is 10.2. The van der Waals surface area contributed by atoms with Crippen LogP contribution in [0.3, 0.4) is 0 Å². The van der Waals surface area contributed by atoms with E-state index in [2.05, 4.69) is 20.5 Å². The number of thiazole rings is 1. The molecule has 154 valence electrons. The van der Waals surface area contributed by atoms with Gasteiger partial charge in [0, 0.05) is 24.4 Å². The van der Waals surface area contributed by atoms with Crippen molar-refractivity contribution in [2.75, 3.05) is 5.32 Å². The van der Waals surface area contributed by atoms with E-state index in [1.807, 2.05) is 48.7 Å². The molecule has 1 aliphatic carbocycles. The lowest BCUT2D eigenvalue weighted by Crippen LogP contribution is -2.23. The van der Waals surface area contributed by atoms with Crippen molar-refractivity contribution in [3.05, 3.63) is 70.5 Å². The van der Waals surface area contributed by atoms with Crippen LogP contribution in [0.25, 0.3) is 0 Å². The topological polar surface area (TPSA) is 84.8 Å². The fraction of sp³-hybridized carbons (Fsp3) is 0.348. The third kappa shape index (κ3) is 5.36. The molecule has 1 N–H and O–H groups in total. The normalized spacial score (nSPS) is 17.9. The largest absolute Gasteiger partial charge is 0.302 e. The van der Waals surface area contributed by atoms with Crippen LogP contribution >= 0.6 is 11.3 Å². The molecular weight excluding hydrogens is 396 g/mol. The number of Topliss-reactive ketones (excluding diaryl/α,β-unsaturated/α-hetero) is 1. The van der Waals surface area contributed by atoms with Crippen LogP contribution in [0.15, 0.2) is 48.7 Å². The molecule has 1 aliphatic rings. The number of hydrogen-bond acceptors (Lipinski definition) is 6. The molecule has 4 rings (SSSR count). The van der Waals surface area contributed by atoms with Crippen LogP contribution in [-0.4, -0.2) is 26.9 Å². The fourth-order valence-electron chi connectivity index (χ4n) is 3.79. The lowest BCUT2D eigenvalue weighted by molar-refractivity contribution is -0.118. The zero-order valence-corrected chi connectivity index (χ0v) is 17.7. The number of carbonyl (C=O) groups is 2. The quantitative estimate of drug-likeness (QED) is 0.596. The van der Waals surface area contributed by atoms with Crippen molar-refractivity contribution in [1.82, 2.24) is 15.2 Å². The van der Waals surface area contributed by atoms with Crippen LogP contribution in [0.4, 0.5) is 5.13 Å². The molecule has 30 heavy (non-hydrogen) atoms. The molecule has 0 aliphatic heterocycles. The van der Waals surface area contributed by atoms with Crippen molar-refractivity contribution in [2.24, 2.45) is 5.92 Å². The maximum absolute atomic E-state index is 12.2. The van der Waals surface area contributed by atoms with E-state index in [-0.39, 0.29) is 11.7 Å². The summed E-state index contributed by atoms with van der Waals surface area (Å²) in [6.45, 7) is 1.49. The average molecular weight is 421 g/mol. The summed E-state index contributed by atoms with van der Waals surface area (Å²) in [6, 6.07) is 13.7. The first kappa shape index (κ1) is 20.3. The molecular formula is C23H24N4O2S. The molecule has 0 saturated heterocycles. The van der Waals surface area contributed by atoms with E-state index in [1.165, 1.54) is 11.8 Å². The van der Waals surface area contributed by atoms with Gasteiger partial charge in [-0.3, -0.25) is 9.59 Å². The fourth-order valence-corrected chi connectivity index (χ4v) is 4.78. The van der Waals surface area contributed by atoms with E-state index in [0.717, 1.165) is 36.2 Å². The first-order chi connectivity index (χ1) is 14.5. The summed E-state index contributed by atoms with van der Waals surface area (Å²) in [7, 11) is 0. The highest BCUT2D eigenvalue weighted by Gasteiger charge is 2.32. The van der Waals surface area contributed by atoms with Gasteiger partial charge < -0.3 is 5.32 Å². The minimum Gasteiger partial charge on any atom is -0.302 e. The predicted molar refractivity (Wildman–Crippen MR) is 116 cm³/mol. The summed E-state index contributed by atoms with van der Waals surface area (Å²) in [6.07, 6.45) is 5.71. The highest BCUT2D eigenvalue weighted by Crippen LogP contribution is 2.45. The summed E-state index contributed by atoms with van der Waals surface area (Å²) in [5, 5.41) is 12.0. The zero-order chi connectivity index (χ0) is 20.9. The van der Waals surface area contributed by atoms with E-state index < -0.39 is 0 Å². The van der Waals surface area contributed by atoms with Gasteiger partial charge in [0.1, 0.15) is 5.78 Å². The first-order valence-corrected chi connectivity index (χ1v) is 11.0. The number of amides is 1. The maximum Gasteiger partial charge on any atom is 0.223 e. The Balaban J connectivity index is 1.23. The number of carbonyl (C=O) groups excluding carboxylic acids is 2. The highest BCUT2D eigenvalue weighted by atomic mass is 32.1. The Morgan fingerprint density at radius 1 is 1.03 bits per heavy atom. The van der Waals surface area contributed by atoms with Gasteiger partial charge in [-0.1, -0.05) is 30.3 Å². The Morgan fingerprint density at radius 3 is 2.47 bits per heavy atom. The van der Waals surface area contributed by atoms with E-state index in [4.69, 9.17) is 0 Å². The Bertz CT molecular complexity index is 1010. The number of nitrogens with zero attached hydrogens (tertiary/aromatic N) is 3. The molecule has 7 heteroatoms. The molecule has 0 bridgehead atoms. The van der Waals surface area contributed by atoms with Crippen LogP contribution in [-0.2, 0) is 28.9 Å². The number of ketones is 1. The maximum atomic E-state index is 12.2. The van der Waals surface area contributed by atoms with Crippen molar-refractivity contribution in [2.45, 2.75) is 44.9 Å². The van der Waals surface area contributed by atoms with Crippen molar-refractivity contribution >= 4 is 28.2 Å². The van der Waals surface area contributed by atoms with Crippen molar-refractivity contribution in [1.29, 1.82) is 0 Å². The Morgan fingerprint density at radius 2 is 1.77 bits per heavy atom. The summed E-state index contributed by atoms with van der Waals surface area (Å²) in [5.74, 6) is 1.15. The highest BCUT2D eigenvalue weighted by molar-refractivity contribution is 7.15. The van der Waals surface area contributed by atoms with Crippen LogP contribution in [0, 0.1) is 5.92 Å². The van der Waals surface area contributed by atoms with Crippen molar-refractivity contribution in [3.63, 3.8) is 0 Å². The minimum atomic E-state index is -0.0915. The smallest absolute Gasteiger partial charge is 0.223 e. The molecule has 1 saturated carbocycles. The molecule has 2 heterocycles. The number of nitrogens with one attached hydrogen (secondary N) is 1. The third-order valence-electron chi connectivity index (χ3n) is 5.34. The molecule has 0 unspecified atom stereocenters. The van der Waals surface area contributed by atoms with Gasteiger partial charge in [-0.2, -0.15) is 10.2 Å². The standard InChI is InChI=1S/C23H24N4O2S/c1-15(28)25-23-24-14-22(30-23)18-9-17(10-18)11-19-7-8-20(27-26-19)13-21(29)12-16-5-3-2-4-6-16/h2-8,14,17-18H,9-13H2,1H3,(H,24,25,28). The molecule has 1 amide bonds. The van der Waals surface area contributed by atoms with Crippen LogP contribution in [0.2, 0.25) is 0 Å². The average Bonchev–Trinajstić information content (AvgIpc) is 3.13. The van der Waals surface area contributed by atoms with Gasteiger partial charge in [0.2, 0.25) is 5.91 Å². The number of hydrogen-bond donors (Lipinski definition) is 1. The molecule has 0 radical (unpaired) electrons. The molecule has 2 aromatic heterocycles. The number of benzene rings is 1. The van der Waals surface area contributed by atoms with Gasteiger partial charge in [-0.15, -0.1) is 11.3 Å². The van der Waals surface area contributed by atoms with E-state index in [1.54, 1.807) is 11.3 Å². The molecule has 3 aromatic rings. The van der Waals surface area contributed by atoms with Crippen LogP contribution in [0.5, 0.6) is 0 Å². The minimum absolute atomic E-state index is 0.0915. The number of rotatable bonds is 8. The molecule has 0 spiro atoms. The lowest BCUT2D eigenvalue weighted by Gasteiger charge is -2.34. The summed E-state index contributed by atoms with van der Waals surface area (Å²) >= 11 is 1.56. The Hall–Kier alpha value is -2.93. The van der Waals surface area contributed by atoms with Gasteiger partial charge >= 0.3 is 0 Å². The van der Waals surface area contributed by atoms with Crippen molar-refractivity contribution in [3.8, 4) is 0 Å². The number of anilines is 1. The predicted octanol–water partition coefficient (Wildman–Crippen LogP) is 3.98. The van der Waals surface area contributed by atoms with E-state index in [0.29, 0.717) is 29.8 Å². The lowest BCUT2D eigenvalue weighted by atomic mass is 9.72. The molecule has 1 aromatic carbocycles. The second kappa shape index (κ2) is 9.26. The van der Waals surface area contributed by atoms with Gasteiger partial charge in [0.25, 0.3) is 0 Å². The van der Waals surface area contributed by atoms with Crippen LogP contribution in [0.1, 0.15) is 47.5 Å². The van der Waals surface area contributed by atoms with E-state index >= 15 is 0 Å². The second-order valence-corrected chi connectivity index (χ2v) is 8.94. The van der Waals surface area contributed by atoms with Crippen molar-refractivity contribution < 1.29 is 9.59 Å².